The zero-order valence-electron chi connectivity index (χ0n) is 49.7. The zero-order valence-corrected chi connectivity index (χ0v) is 50.6. The number of allylic oxidation sites excluding steroid dienone is 16. The van der Waals surface area contributed by atoms with Gasteiger partial charge in [0.15, 0.2) is 6.10 Å². The van der Waals surface area contributed by atoms with Gasteiger partial charge in [0.25, 0.3) is 7.82 Å². The highest BCUT2D eigenvalue weighted by Crippen LogP contribution is 2.38. The van der Waals surface area contributed by atoms with Gasteiger partial charge in [0.2, 0.25) is 0 Å². The summed E-state index contributed by atoms with van der Waals surface area (Å²) in [6.07, 6.45) is 77.5. The third kappa shape index (κ3) is 60.2. The second kappa shape index (κ2) is 56.6. The van der Waals surface area contributed by atoms with Gasteiger partial charge in [-0.15, -0.1) is 0 Å². The van der Waals surface area contributed by atoms with Gasteiger partial charge in [0.1, 0.15) is 19.8 Å². The van der Waals surface area contributed by atoms with Gasteiger partial charge in [-0.25, -0.2) is 0 Å². The van der Waals surface area contributed by atoms with Crippen LogP contribution in [0.25, 0.3) is 0 Å². The molecule has 2 unspecified atom stereocenters. The predicted molar refractivity (Wildman–Crippen MR) is 323 cm³/mol. The number of phosphoric ester groups is 1. The minimum Gasteiger partial charge on any atom is -0.756 e. The van der Waals surface area contributed by atoms with Crippen molar-refractivity contribution in [3.8, 4) is 0 Å². The van der Waals surface area contributed by atoms with E-state index in [-0.39, 0.29) is 26.1 Å². The van der Waals surface area contributed by atoms with Crippen LogP contribution in [0.4, 0.5) is 0 Å². The number of likely N-dealkylation sites (N-methyl/N-ethyl adjacent to an activating group) is 1. The summed E-state index contributed by atoms with van der Waals surface area (Å²) in [6, 6.07) is 0. The lowest BCUT2D eigenvalue weighted by atomic mass is 10.0. The highest BCUT2D eigenvalue weighted by atomic mass is 31.2. The van der Waals surface area contributed by atoms with E-state index in [1.54, 1.807) is 0 Å². The zero-order chi connectivity index (χ0) is 55.6. The summed E-state index contributed by atoms with van der Waals surface area (Å²) in [5, 5.41) is 0. The smallest absolute Gasteiger partial charge is 0.306 e. The van der Waals surface area contributed by atoms with Gasteiger partial charge in [-0.05, 0) is 96.3 Å². The van der Waals surface area contributed by atoms with Crippen LogP contribution >= 0.6 is 7.82 Å². The monoisotopic (exact) mass is 1080 g/mol. The first kappa shape index (κ1) is 72.9. The third-order valence-electron chi connectivity index (χ3n) is 13.1. The van der Waals surface area contributed by atoms with Crippen LogP contribution in [0.1, 0.15) is 258 Å². The van der Waals surface area contributed by atoms with Gasteiger partial charge in [-0.2, -0.15) is 0 Å². The van der Waals surface area contributed by atoms with Crippen molar-refractivity contribution in [1.82, 2.24) is 0 Å². The molecule has 0 aliphatic carbocycles. The van der Waals surface area contributed by atoms with Gasteiger partial charge in [-0.3, -0.25) is 14.2 Å². The Hall–Kier alpha value is -3.07. The number of rotatable bonds is 56. The minimum absolute atomic E-state index is 0.0403. The van der Waals surface area contributed by atoms with E-state index >= 15 is 0 Å². The molecular weight excluding hydrogens is 966 g/mol. The Balaban J connectivity index is 4.16. The fourth-order valence-electron chi connectivity index (χ4n) is 8.34. The molecule has 0 bridgehead atoms. The molecule has 2 atom stereocenters. The van der Waals surface area contributed by atoms with Crippen molar-refractivity contribution in [2.75, 3.05) is 47.5 Å². The highest BCUT2D eigenvalue weighted by molar-refractivity contribution is 7.45. The maximum atomic E-state index is 12.8. The normalized spacial score (nSPS) is 13.9. The maximum Gasteiger partial charge on any atom is 0.306 e. The molecule has 0 aromatic carbocycles. The van der Waals surface area contributed by atoms with E-state index in [1.807, 2.05) is 21.1 Å². The van der Waals surface area contributed by atoms with Gasteiger partial charge in [-0.1, -0.05) is 246 Å². The molecule has 9 nitrogen and oxygen atoms in total. The molecule has 0 aliphatic rings. The highest BCUT2D eigenvalue weighted by Gasteiger charge is 2.22. The molecule has 0 amide bonds. The number of quaternary nitrogens is 1. The lowest BCUT2D eigenvalue weighted by molar-refractivity contribution is -0.870. The van der Waals surface area contributed by atoms with Crippen molar-refractivity contribution in [2.45, 2.75) is 264 Å². The van der Waals surface area contributed by atoms with E-state index in [4.69, 9.17) is 18.5 Å². The number of hydrogen-bond donors (Lipinski definition) is 0. The Morgan fingerprint density at radius 2 is 0.750 bits per heavy atom. The predicted octanol–water partition coefficient (Wildman–Crippen LogP) is 19.0. The summed E-state index contributed by atoms with van der Waals surface area (Å²) in [4.78, 5) is 37.9. The number of unbranched alkanes of at least 4 members (excludes halogenated alkanes) is 26. The number of carbonyl (C=O) groups excluding carboxylic acids is 2. The molecule has 0 aliphatic heterocycles. The summed E-state index contributed by atoms with van der Waals surface area (Å²) in [7, 11) is 1.14. The molecule has 0 saturated carbocycles. The van der Waals surface area contributed by atoms with Gasteiger partial charge < -0.3 is 27.9 Å². The molecule has 76 heavy (non-hydrogen) atoms. The SMILES string of the molecule is CC/C=C\C/C=C\C/C=C\C/C=C\C/C=C\C/C=C\CCCCCCC(=O)OC(COC(=O)CCCCCCCCCCCCCCCCCCC/C=C\C/C=C\CCCCCCC)COP(=O)([O-])OCC[N+](C)(C)C. The molecule has 0 rings (SSSR count). The van der Waals surface area contributed by atoms with Crippen molar-refractivity contribution < 1.29 is 42.1 Å². The van der Waals surface area contributed by atoms with E-state index in [2.05, 4.69) is 111 Å². The van der Waals surface area contributed by atoms with Gasteiger partial charge in [0.05, 0.1) is 27.7 Å². The van der Waals surface area contributed by atoms with Crippen LogP contribution in [-0.2, 0) is 32.7 Å². The van der Waals surface area contributed by atoms with Gasteiger partial charge in [0, 0.05) is 12.8 Å². The molecular formula is C66H116NO8P. The van der Waals surface area contributed by atoms with Crippen molar-refractivity contribution in [2.24, 2.45) is 0 Å². The maximum absolute atomic E-state index is 12.8. The molecule has 0 fully saturated rings. The molecule has 0 aromatic heterocycles. The first-order valence-electron chi connectivity index (χ1n) is 30.9. The van der Waals surface area contributed by atoms with E-state index in [0.717, 1.165) is 89.9 Å². The van der Waals surface area contributed by atoms with Crippen LogP contribution in [0.5, 0.6) is 0 Å². The van der Waals surface area contributed by atoms with E-state index < -0.39 is 32.5 Å². The number of carbonyl (C=O) groups is 2. The van der Waals surface area contributed by atoms with Crippen molar-refractivity contribution in [3.63, 3.8) is 0 Å². The number of phosphoric acid groups is 1. The van der Waals surface area contributed by atoms with Crippen LogP contribution < -0.4 is 4.89 Å². The molecule has 0 radical (unpaired) electrons. The third-order valence-corrected chi connectivity index (χ3v) is 14.1. The van der Waals surface area contributed by atoms with Crippen molar-refractivity contribution in [1.29, 1.82) is 0 Å². The largest absolute Gasteiger partial charge is 0.756 e. The van der Waals surface area contributed by atoms with Crippen molar-refractivity contribution >= 4 is 19.8 Å². The van der Waals surface area contributed by atoms with Crippen LogP contribution in [0.15, 0.2) is 97.2 Å². The Kier molecular flexibility index (Phi) is 54.4. The van der Waals surface area contributed by atoms with E-state index in [0.29, 0.717) is 17.4 Å². The quantitative estimate of drug-likeness (QED) is 0.0195. The molecule has 0 heterocycles. The van der Waals surface area contributed by atoms with E-state index in [9.17, 15) is 19.0 Å². The van der Waals surface area contributed by atoms with E-state index in [1.165, 1.54) is 135 Å². The average Bonchev–Trinajstić information content (AvgIpc) is 3.38. The minimum atomic E-state index is -4.65. The summed E-state index contributed by atoms with van der Waals surface area (Å²) >= 11 is 0. The van der Waals surface area contributed by atoms with Gasteiger partial charge >= 0.3 is 11.9 Å². The topological polar surface area (TPSA) is 111 Å². The Morgan fingerprint density at radius 1 is 0.421 bits per heavy atom. The van der Waals surface area contributed by atoms with Crippen LogP contribution in [-0.4, -0.2) is 70.0 Å². The molecule has 0 aromatic rings. The Bertz CT molecular complexity index is 1600. The Morgan fingerprint density at radius 3 is 1.12 bits per heavy atom. The average molecular weight is 1080 g/mol. The standard InChI is InChI=1S/C66H116NO8P/c1-6-8-10-12-14-16-18-20-22-24-26-28-30-31-32-33-34-35-37-38-40-42-44-46-48-50-52-54-56-58-65(68)72-62-64(63-74-76(70,71)73-61-60-67(3,4)5)75-66(69)59-57-55-53-51-49-47-45-43-41-39-36-29-27-25-23-21-19-17-15-13-11-9-7-2/h9,11,15,17-18,20-21,23-24,26-27,29,39,41,45,47,64H,6-8,10,12-14,16,19,22,25,28,30-38,40,42-44,46,48-63H2,1-5H3/b11-9-,17-15-,20-18-,23-21-,26-24-,29-27-,41-39-,47-45-. The molecule has 0 saturated heterocycles. The van der Waals surface area contributed by atoms with Crippen LogP contribution in [0.3, 0.4) is 0 Å². The molecule has 438 valence electrons. The first-order valence-corrected chi connectivity index (χ1v) is 32.4. The summed E-state index contributed by atoms with van der Waals surface area (Å²) in [5.74, 6) is -0.861. The fourth-order valence-corrected chi connectivity index (χ4v) is 9.07. The first-order chi connectivity index (χ1) is 37.0. The molecule has 0 spiro atoms. The number of esters is 2. The van der Waals surface area contributed by atoms with Crippen LogP contribution in [0, 0.1) is 0 Å². The molecule has 10 heteroatoms. The summed E-state index contributed by atoms with van der Waals surface area (Å²) in [6.45, 7) is 4.10. The second-order valence-corrected chi connectivity index (χ2v) is 23.1. The fraction of sp³-hybridized carbons (Fsp3) is 0.727. The van der Waals surface area contributed by atoms with Crippen LogP contribution in [0.2, 0.25) is 0 Å². The lowest BCUT2D eigenvalue weighted by Gasteiger charge is -2.28. The summed E-state index contributed by atoms with van der Waals surface area (Å²) < 4.78 is 34.2. The number of nitrogens with zero attached hydrogens (tertiary/aromatic N) is 1. The molecule has 0 N–H and O–H groups in total. The number of hydrogen-bond acceptors (Lipinski definition) is 8. The lowest BCUT2D eigenvalue weighted by Crippen LogP contribution is -2.37. The Labute approximate surface area is 468 Å². The second-order valence-electron chi connectivity index (χ2n) is 21.7. The summed E-state index contributed by atoms with van der Waals surface area (Å²) in [5.41, 5.74) is 0. The van der Waals surface area contributed by atoms with Crippen molar-refractivity contribution in [3.05, 3.63) is 97.2 Å². The number of ether oxygens (including phenoxy) is 2.